The van der Waals surface area contributed by atoms with Crippen LogP contribution in [0.1, 0.15) is 21.5 Å². The van der Waals surface area contributed by atoms with Crippen LogP contribution in [-0.2, 0) is 0 Å². The molecule has 0 aliphatic rings. The molecule has 0 aliphatic heterocycles. The van der Waals surface area contributed by atoms with Crippen LogP contribution in [0.3, 0.4) is 0 Å². The Morgan fingerprint density at radius 2 is 1.61 bits per heavy atom. The van der Waals surface area contributed by atoms with Gasteiger partial charge in [-0.1, -0.05) is 42.5 Å². The summed E-state index contributed by atoms with van der Waals surface area (Å²) in [6.45, 7) is 1.79. The van der Waals surface area contributed by atoms with Crippen molar-refractivity contribution in [3.05, 3.63) is 89.5 Å². The molecule has 1 N–H and O–H groups in total. The first-order valence-electron chi connectivity index (χ1n) is 7.31. The molecule has 0 amide bonds. The Hall–Kier alpha value is -3.07. The smallest absolute Gasteiger partial charge is 0.196 e. The zero-order valence-electron chi connectivity index (χ0n) is 12.7. The van der Waals surface area contributed by atoms with E-state index in [-0.39, 0.29) is 11.5 Å². The highest BCUT2D eigenvalue weighted by molar-refractivity contribution is 6.10. The molecule has 3 aromatic carbocycles. The summed E-state index contributed by atoms with van der Waals surface area (Å²) in [7, 11) is 0. The van der Waals surface area contributed by atoms with Gasteiger partial charge in [-0.15, -0.1) is 0 Å². The van der Waals surface area contributed by atoms with Crippen LogP contribution in [0.25, 0.3) is 0 Å². The summed E-state index contributed by atoms with van der Waals surface area (Å²) >= 11 is 0. The van der Waals surface area contributed by atoms with Gasteiger partial charge in [-0.25, -0.2) is 0 Å². The fraction of sp³-hybridized carbons (Fsp3) is 0.0500. The standard InChI is InChI=1S/C20H16O3/c1-14-13-16(11-12-18(14)21)23-19-10-6-5-9-17(19)20(22)15-7-3-2-4-8-15/h2-13,21H,1H3. The predicted molar refractivity (Wildman–Crippen MR) is 89.2 cm³/mol. The summed E-state index contributed by atoms with van der Waals surface area (Å²) in [5.41, 5.74) is 1.84. The topological polar surface area (TPSA) is 46.5 Å². The number of rotatable bonds is 4. The summed E-state index contributed by atoms with van der Waals surface area (Å²) in [6.07, 6.45) is 0. The largest absolute Gasteiger partial charge is 0.508 e. The molecule has 3 nitrogen and oxygen atoms in total. The number of carbonyl (C=O) groups excluding carboxylic acids is 1. The normalized spacial score (nSPS) is 10.3. The third-order valence-corrected chi connectivity index (χ3v) is 3.56. The Balaban J connectivity index is 1.95. The van der Waals surface area contributed by atoms with Gasteiger partial charge >= 0.3 is 0 Å². The van der Waals surface area contributed by atoms with Crippen LogP contribution >= 0.6 is 0 Å². The fourth-order valence-electron chi connectivity index (χ4n) is 2.31. The van der Waals surface area contributed by atoms with E-state index in [0.717, 1.165) is 5.56 Å². The van der Waals surface area contributed by atoms with E-state index in [1.165, 1.54) is 0 Å². The highest BCUT2D eigenvalue weighted by Gasteiger charge is 2.14. The summed E-state index contributed by atoms with van der Waals surface area (Å²) in [5, 5.41) is 9.59. The Bertz CT molecular complexity index is 839. The molecule has 0 unspecified atom stereocenters. The van der Waals surface area contributed by atoms with Crippen molar-refractivity contribution in [2.45, 2.75) is 6.92 Å². The molecular weight excluding hydrogens is 288 g/mol. The highest BCUT2D eigenvalue weighted by Crippen LogP contribution is 2.29. The van der Waals surface area contributed by atoms with Gasteiger partial charge in [0, 0.05) is 5.56 Å². The number of para-hydroxylation sites is 1. The van der Waals surface area contributed by atoms with Crippen molar-refractivity contribution < 1.29 is 14.6 Å². The summed E-state index contributed by atoms with van der Waals surface area (Å²) in [5.74, 6) is 1.20. The van der Waals surface area contributed by atoms with E-state index in [2.05, 4.69) is 0 Å². The van der Waals surface area contributed by atoms with E-state index in [4.69, 9.17) is 4.74 Å². The molecule has 3 aromatic rings. The number of phenolic OH excluding ortho intramolecular Hbond substituents is 1. The van der Waals surface area contributed by atoms with E-state index in [1.54, 1.807) is 49.4 Å². The number of ether oxygens (including phenoxy) is 1. The monoisotopic (exact) mass is 304 g/mol. The second-order valence-corrected chi connectivity index (χ2v) is 5.24. The van der Waals surface area contributed by atoms with Crippen molar-refractivity contribution in [3.8, 4) is 17.2 Å². The lowest BCUT2D eigenvalue weighted by Crippen LogP contribution is -2.03. The van der Waals surface area contributed by atoms with E-state index >= 15 is 0 Å². The first kappa shape index (κ1) is 14.9. The SMILES string of the molecule is Cc1cc(Oc2ccccc2C(=O)c2ccccc2)ccc1O. The maximum atomic E-state index is 12.7. The maximum Gasteiger partial charge on any atom is 0.196 e. The molecular formula is C20H16O3. The molecule has 0 saturated heterocycles. The lowest BCUT2D eigenvalue weighted by Gasteiger charge is -2.11. The van der Waals surface area contributed by atoms with Crippen LogP contribution in [0.15, 0.2) is 72.8 Å². The van der Waals surface area contributed by atoms with Crippen LogP contribution in [0.4, 0.5) is 0 Å². The van der Waals surface area contributed by atoms with Gasteiger partial charge in [-0.05, 0) is 42.8 Å². The average Bonchev–Trinajstić information content (AvgIpc) is 2.59. The average molecular weight is 304 g/mol. The molecule has 0 aliphatic carbocycles. The summed E-state index contributed by atoms with van der Waals surface area (Å²) < 4.78 is 5.86. The second kappa shape index (κ2) is 6.36. The third kappa shape index (κ3) is 3.24. The molecule has 0 spiro atoms. The number of aromatic hydroxyl groups is 1. The Morgan fingerprint density at radius 1 is 0.913 bits per heavy atom. The Morgan fingerprint density at radius 3 is 2.35 bits per heavy atom. The van der Waals surface area contributed by atoms with Gasteiger partial charge in [0.1, 0.15) is 17.2 Å². The lowest BCUT2D eigenvalue weighted by molar-refractivity contribution is 0.103. The van der Waals surface area contributed by atoms with E-state index < -0.39 is 0 Å². The number of hydrogen-bond donors (Lipinski definition) is 1. The number of carbonyl (C=O) groups is 1. The van der Waals surface area contributed by atoms with Gasteiger partial charge < -0.3 is 9.84 Å². The summed E-state index contributed by atoms with van der Waals surface area (Å²) in [6, 6.07) is 21.2. The molecule has 0 fully saturated rings. The van der Waals surface area contributed by atoms with E-state index in [0.29, 0.717) is 22.6 Å². The fourth-order valence-corrected chi connectivity index (χ4v) is 2.31. The minimum Gasteiger partial charge on any atom is -0.508 e. The van der Waals surface area contributed by atoms with Crippen molar-refractivity contribution in [2.24, 2.45) is 0 Å². The molecule has 3 rings (SSSR count). The van der Waals surface area contributed by atoms with Gasteiger partial charge in [0.2, 0.25) is 0 Å². The Labute approximate surface area is 134 Å². The first-order valence-corrected chi connectivity index (χ1v) is 7.31. The molecule has 0 atom stereocenters. The number of ketones is 1. The van der Waals surface area contributed by atoms with Crippen LogP contribution in [0.2, 0.25) is 0 Å². The van der Waals surface area contributed by atoms with Crippen LogP contribution in [0, 0.1) is 6.92 Å². The van der Waals surface area contributed by atoms with Crippen LogP contribution in [-0.4, -0.2) is 10.9 Å². The third-order valence-electron chi connectivity index (χ3n) is 3.56. The van der Waals surface area contributed by atoms with E-state index in [9.17, 15) is 9.90 Å². The van der Waals surface area contributed by atoms with Gasteiger partial charge in [-0.2, -0.15) is 0 Å². The molecule has 3 heteroatoms. The second-order valence-electron chi connectivity index (χ2n) is 5.24. The number of benzene rings is 3. The molecule has 0 saturated carbocycles. The zero-order chi connectivity index (χ0) is 16.2. The summed E-state index contributed by atoms with van der Waals surface area (Å²) in [4.78, 5) is 12.7. The molecule has 0 aromatic heterocycles. The minimum atomic E-state index is -0.0864. The highest BCUT2D eigenvalue weighted by atomic mass is 16.5. The molecule has 0 heterocycles. The van der Waals surface area contributed by atoms with Gasteiger partial charge in [-0.3, -0.25) is 4.79 Å². The van der Waals surface area contributed by atoms with Gasteiger partial charge in [0.15, 0.2) is 5.78 Å². The number of aryl methyl sites for hydroxylation is 1. The maximum absolute atomic E-state index is 12.7. The molecule has 0 radical (unpaired) electrons. The minimum absolute atomic E-state index is 0.0864. The number of phenols is 1. The van der Waals surface area contributed by atoms with Gasteiger partial charge in [0.25, 0.3) is 0 Å². The quantitative estimate of drug-likeness (QED) is 0.709. The van der Waals surface area contributed by atoms with Crippen molar-refractivity contribution in [1.29, 1.82) is 0 Å². The lowest BCUT2D eigenvalue weighted by atomic mass is 10.0. The molecule has 0 bridgehead atoms. The Kier molecular flexibility index (Phi) is 4.11. The van der Waals surface area contributed by atoms with Crippen molar-refractivity contribution in [3.63, 3.8) is 0 Å². The first-order chi connectivity index (χ1) is 11.1. The van der Waals surface area contributed by atoms with Crippen molar-refractivity contribution >= 4 is 5.78 Å². The predicted octanol–water partition coefficient (Wildman–Crippen LogP) is 4.72. The zero-order valence-corrected chi connectivity index (χ0v) is 12.7. The van der Waals surface area contributed by atoms with Crippen LogP contribution < -0.4 is 4.74 Å². The van der Waals surface area contributed by atoms with Crippen molar-refractivity contribution in [2.75, 3.05) is 0 Å². The van der Waals surface area contributed by atoms with Crippen molar-refractivity contribution in [1.82, 2.24) is 0 Å². The number of hydrogen-bond acceptors (Lipinski definition) is 3. The molecule has 114 valence electrons. The molecule has 23 heavy (non-hydrogen) atoms. The van der Waals surface area contributed by atoms with E-state index in [1.807, 2.05) is 30.3 Å². The van der Waals surface area contributed by atoms with Gasteiger partial charge in [0.05, 0.1) is 5.56 Å². The van der Waals surface area contributed by atoms with Crippen LogP contribution in [0.5, 0.6) is 17.2 Å².